The molecule has 68 valence electrons. The van der Waals surface area contributed by atoms with Gasteiger partial charge in [-0.25, -0.2) is 4.99 Å². The molecule has 1 aliphatic heterocycles. The third kappa shape index (κ3) is 1.84. The molecule has 1 aliphatic rings. The van der Waals surface area contributed by atoms with E-state index in [2.05, 4.69) is 17.8 Å². The zero-order chi connectivity index (χ0) is 9.26. The third-order valence-corrected chi connectivity index (χ3v) is 2.03. The Bertz CT molecular complexity index is 334. The molecule has 1 aromatic carbocycles. The zero-order valence-corrected chi connectivity index (χ0v) is 8.16. The number of hydrogen-bond acceptors (Lipinski definition) is 4. The van der Waals surface area contributed by atoms with Gasteiger partial charge in [0.05, 0.1) is 0 Å². The first kappa shape index (κ1) is 8.59. The van der Waals surface area contributed by atoms with Crippen LogP contribution < -0.4 is 0 Å². The summed E-state index contributed by atoms with van der Waals surface area (Å²) >= 11 is 4.02. The van der Waals surface area contributed by atoms with Crippen LogP contribution in [0.25, 0.3) is 0 Å². The van der Waals surface area contributed by atoms with Crippen molar-refractivity contribution >= 4 is 18.7 Å². The van der Waals surface area contributed by atoms with E-state index in [1.807, 2.05) is 31.2 Å². The first-order chi connectivity index (χ1) is 6.25. The first-order valence-corrected chi connectivity index (χ1v) is 4.41. The van der Waals surface area contributed by atoms with E-state index in [1.54, 1.807) is 0 Å². The van der Waals surface area contributed by atoms with Crippen molar-refractivity contribution in [3.63, 3.8) is 0 Å². The summed E-state index contributed by atoms with van der Waals surface area (Å²) in [6, 6.07) is 8.03. The molecule has 1 aromatic rings. The molecule has 13 heavy (non-hydrogen) atoms. The van der Waals surface area contributed by atoms with Crippen LogP contribution >= 0.6 is 12.8 Å². The van der Waals surface area contributed by atoms with Crippen LogP contribution in [-0.2, 0) is 4.84 Å². The average molecular weight is 194 g/mol. The van der Waals surface area contributed by atoms with Gasteiger partial charge in [-0.05, 0) is 19.1 Å². The van der Waals surface area contributed by atoms with Gasteiger partial charge >= 0.3 is 0 Å². The number of aliphatic imine (C=N–C) groups is 1. The summed E-state index contributed by atoms with van der Waals surface area (Å²) in [4.78, 5) is 9.40. The Balaban J connectivity index is 2.22. The van der Waals surface area contributed by atoms with Crippen LogP contribution in [-0.4, -0.2) is 17.0 Å². The van der Waals surface area contributed by atoms with Crippen molar-refractivity contribution in [2.75, 3.05) is 6.67 Å². The molecular formula is C9H10N2OS. The van der Waals surface area contributed by atoms with E-state index < -0.39 is 0 Å². The molecule has 0 unspecified atom stereocenters. The predicted molar refractivity (Wildman–Crippen MR) is 54.5 cm³/mol. The van der Waals surface area contributed by atoms with Crippen molar-refractivity contribution in [3.8, 4) is 0 Å². The van der Waals surface area contributed by atoms with Crippen LogP contribution in [0.2, 0.25) is 0 Å². The van der Waals surface area contributed by atoms with E-state index in [-0.39, 0.29) is 0 Å². The number of hydroxylamine groups is 1. The van der Waals surface area contributed by atoms with Gasteiger partial charge in [0.2, 0.25) is 5.90 Å². The molecule has 4 heteroatoms. The average Bonchev–Trinajstić information content (AvgIpc) is 2.53. The molecule has 0 bridgehead atoms. The molecule has 1 heterocycles. The highest BCUT2D eigenvalue weighted by Crippen LogP contribution is 2.13. The number of thiol groups is 1. The first-order valence-electron chi connectivity index (χ1n) is 4.01. The third-order valence-electron chi connectivity index (χ3n) is 1.83. The summed E-state index contributed by atoms with van der Waals surface area (Å²) < 4.78 is 1.40. The van der Waals surface area contributed by atoms with Crippen LogP contribution in [0.4, 0.5) is 0 Å². The SMILES string of the molecule is Cc1ccc(C2=NCN(S)O2)cc1. The predicted octanol–water partition coefficient (Wildman–Crippen LogP) is 1.79. The summed E-state index contributed by atoms with van der Waals surface area (Å²) in [5, 5.41) is 0. The Morgan fingerprint density at radius 3 is 2.62 bits per heavy atom. The fourth-order valence-corrected chi connectivity index (χ4v) is 1.26. The van der Waals surface area contributed by atoms with Crippen molar-refractivity contribution in [2.24, 2.45) is 4.99 Å². The number of hydrogen-bond donors (Lipinski definition) is 1. The molecule has 0 spiro atoms. The van der Waals surface area contributed by atoms with Gasteiger partial charge in [-0.15, -0.1) is 0 Å². The van der Waals surface area contributed by atoms with Gasteiger partial charge in [0.25, 0.3) is 0 Å². The highest BCUT2D eigenvalue weighted by atomic mass is 32.1. The van der Waals surface area contributed by atoms with Crippen molar-refractivity contribution < 1.29 is 4.84 Å². The Labute approximate surface area is 82.5 Å². The maximum Gasteiger partial charge on any atom is 0.243 e. The highest BCUT2D eigenvalue weighted by molar-refractivity contribution is 7.77. The molecule has 0 aliphatic carbocycles. The van der Waals surface area contributed by atoms with E-state index in [4.69, 9.17) is 4.84 Å². The molecule has 0 N–H and O–H groups in total. The minimum Gasteiger partial charge on any atom is -0.373 e. The molecule has 0 atom stereocenters. The van der Waals surface area contributed by atoms with Crippen molar-refractivity contribution in [1.29, 1.82) is 0 Å². The van der Waals surface area contributed by atoms with E-state index >= 15 is 0 Å². The highest BCUT2D eigenvalue weighted by Gasteiger charge is 2.15. The normalized spacial score (nSPS) is 16.9. The fraction of sp³-hybridized carbons (Fsp3) is 0.222. The van der Waals surface area contributed by atoms with Gasteiger partial charge in [0.1, 0.15) is 6.67 Å². The second-order valence-corrected chi connectivity index (χ2v) is 3.36. The van der Waals surface area contributed by atoms with Gasteiger partial charge in [-0.3, -0.25) is 0 Å². The van der Waals surface area contributed by atoms with Crippen molar-refractivity contribution in [2.45, 2.75) is 6.92 Å². The summed E-state index contributed by atoms with van der Waals surface area (Å²) in [7, 11) is 0. The van der Waals surface area contributed by atoms with Crippen LogP contribution in [0.3, 0.4) is 0 Å². The van der Waals surface area contributed by atoms with Gasteiger partial charge < -0.3 is 4.84 Å². The van der Waals surface area contributed by atoms with E-state index in [9.17, 15) is 0 Å². The van der Waals surface area contributed by atoms with Crippen molar-refractivity contribution in [3.05, 3.63) is 35.4 Å². The van der Waals surface area contributed by atoms with E-state index in [0.717, 1.165) is 5.56 Å². The molecule has 0 amide bonds. The lowest BCUT2D eigenvalue weighted by Crippen LogP contribution is -2.09. The Hall–Kier alpha value is -1.00. The lowest BCUT2D eigenvalue weighted by Gasteiger charge is -2.05. The van der Waals surface area contributed by atoms with E-state index in [0.29, 0.717) is 12.6 Å². The lowest BCUT2D eigenvalue weighted by atomic mass is 10.1. The molecule has 0 saturated carbocycles. The van der Waals surface area contributed by atoms with Gasteiger partial charge in [0, 0.05) is 5.56 Å². The Morgan fingerprint density at radius 2 is 2.08 bits per heavy atom. The number of aryl methyl sites for hydroxylation is 1. The molecule has 0 saturated heterocycles. The second kappa shape index (κ2) is 3.40. The smallest absolute Gasteiger partial charge is 0.243 e. The standard InChI is InChI=1S/C9H10N2OS/c1-7-2-4-8(5-3-7)9-10-6-11(13)12-9/h2-5,13H,6H2,1H3. The molecule has 0 fully saturated rings. The molecule has 3 nitrogen and oxygen atoms in total. The van der Waals surface area contributed by atoms with Gasteiger partial charge in [-0.1, -0.05) is 35.0 Å². The Morgan fingerprint density at radius 1 is 1.38 bits per heavy atom. The lowest BCUT2D eigenvalue weighted by molar-refractivity contribution is 0.0678. The fourth-order valence-electron chi connectivity index (χ4n) is 1.12. The number of nitrogens with zero attached hydrogens (tertiary/aromatic N) is 2. The molecule has 0 radical (unpaired) electrons. The minimum absolute atomic E-state index is 0.478. The van der Waals surface area contributed by atoms with Crippen LogP contribution in [0, 0.1) is 6.92 Å². The van der Waals surface area contributed by atoms with Crippen LogP contribution in [0.5, 0.6) is 0 Å². The summed E-state index contributed by atoms with van der Waals surface area (Å²) in [6.45, 7) is 2.53. The van der Waals surface area contributed by atoms with Crippen LogP contribution in [0.15, 0.2) is 29.3 Å². The van der Waals surface area contributed by atoms with Gasteiger partial charge in [-0.2, -0.15) is 0 Å². The quantitative estimate of drug-likeness (QED) is 0.689. The molecule has 2 rings (SSSR count). The topological polar surface area (TPSA) is 24.8 Å². The minimum atomic E-state index is 0.478. The van der Waals surface area contributed by atoms with Crippen molar-refractivity contribution in [1.82, 2.24) is 4.47 Å². The largest absolute Gasteiger partial charge is 0.373 e. The summed E-state index contributed by atoms with van der Waals surface area (Å²) in [5.74, 6) is 0.634. The maximum atomic E-state index is 5.23. The summed E-state index contributed by atoms with van der Waals surface area (Å²) in [5.41, 5.74) is 2.22. The Kier molecular flexibility index (Phi) is 2.24. The second-order valence-electron chi connectivity index (χ2n) is 2.91. The summed E-state index contributed by atoms with van der Waals surface area (Å²) in [6.07, 6.45) is 0. The number of rotatable bonds is 1. The molecule has 0 aromatic heterocycles. The number of benzene rings is 1. The van der Waals surface area contributed by atoms with Crippen LogP contribution in [0.1, 0.15) is 11.1 Å². The maximum absolute atomic E-state index is 5.23. The monoisotopic (exact) mass is 194 g/mol. The van der Waals surface area contributed by atoms with E-state index in [1.165, 1.54) is 10.0 Å². The zero-order valence-electron chi connectivity index (χ0n) is 7.27. The molecular weight excluding hydrogens is 184 g/mol. The van der Waals surface area contributed by atoms with Gasteiger partial charge in [0.15, 0.2) is 0 Å².